The summed E-state index contributed by atoms with van der Waals surface area (Å²) < 4.78 is 0. The molecule has 0 radical (unpaired) electrons. The highest BCUT2D eigenvalue weighted by Crippen LogP contribution is 2.55. The molecule has 0 aliphatic heterocycles. The average Bonchev–Trinajstić information content (AvgIpc) is 3.41. The number of nitrogens with zero attached hydrogens (tertiary/aromatic N) is 1. The van der Waals surface area contributed by atoms with Crippen molar-refractivity contribution in [2.45, 2.75) is 69.0 Å². The molecule has 3 bridgehead atoms. The first-order chi connectivity index (χ1) is 13.1. The second-order valence-corrected chi connectivity index (χ2v) is 9.24. The molecule has 1 aromatic heterocycles. The van der Waals surface area contributed by atoms with Gasteiger partial charge in [0, 0.05) is 23.8 Å². The molecule has 5 unspecified atom stereocenters. The molecule has 6 nitrogen and oxygen atoms in total. The minimum atomic E-state index is -0.0652. The molecule has 27 heavy (non-hydrogen) atoms. The number of urea groups is 1. The molecule has 0 saturated heterocycles. The fraction of sp³-hybridized carbons (Fsp3) is 0.667. The summed E-state index contributed by atoms with van der Waals surface area (Å²) >= 11 is 0. The third-order valence-electron chi connectivity index (χ3n) is 7.02. The van der Waals surface area contributed by atoms with E-state index in [9.17, 15) is 9.59 Å². The van der Waals surface area contributed by atoms with E-state index in [-0.39, 0.29) is 23.5 Å². The summed E-state index contributed by atoms with van der Waals surface area (Å²) in [6.45, 7) is 0. The van der Waals surface area contributed by atoms with Crippen LogP contribution >= 0.6 is 0 Å². The highest BCUT2D eigenvalue weighted by molar-refractivity contribution is 5.92. The quantitative estimate of drug-likeness (QED) is 0.764. The maximum absolute atomic E-state index is 12.5. The van der Waals surface area contributed by atoms with Crippen molar-refractivity contribution in [2.75, 3.05) is 0 Å². The van der Waals surface area contributed by atoms with Crippen LogP contribution in [0.1, 0.15) is 61.9 Å². The monoisotopic (exact) mass is 368 g/mol. The van der Waals surface area contributed by atoms with Crippen molar-refractivity contribution in [3.8, 4) is 0 Å². The Bertz CT molecular complexity index is 731. The summed E-state index contributed by atoms with van der Waals surface area (Å²) in [5.41, 5.74) is 0.471. The number of hydrogen-bond acceptors (Lipinski definition) is 3. The van der Waals surface area contributed by atoms with E-state index in [0.29, 0.717) is 29.5 Å². The van der Waals surface area contributed by atoms with Crippen molar-refractivity contribution >= 4 is 11.9 Å². The van der Waals surface area contributed by atoms with Crippen LogP contribution in [0.25, 0.3) is 0 Å². The predicted octanol–water partition coefficient (Wildman–Crippen LogP) is 2.61. The van der Waals surface area contributed by atoms with Crippen LogP contribution < -0.4 is 16.0 Å². The van der Waals surface area contributed by atoms with Crippen molar-refractivity contribution in [2.24, 2.45) is 17.8 Å². The van der Waals surface area contributed by atoms with E-state index in [0.717, 1.165) is 44.9 Å². The van der Waals surface area contributed by atoms with Crippen molar-refractivity contribution in [3.63, 3.8) is 0 Å². The third-order valence-corrected chi connectivity index (χ3v) is 7.02. The molecular formula is C21H28N4O2. The van der Waals surface area contributed by atoms with Crippen LogP contribution in [0.3, 0.4) is 0 Å². The Balaban J connectivity index is 1.24. The highest BCUT2D eigenvalue weighted by Gasteiger charge is 2.53. The van der Waals surface area contributed by atoms with E-state index in [1.165, 1.54) is 6.42 Å². The molecule has 4 aliphatic carbocycles. The Labute approximate surface area is 159 Å². The molecule has 1 aromatic rings. The number of rotatable bonds is 4. The number of pyridine rings is 1. The Morgan fingerprint density at radius 3 is 2.52 bits per heavy atom. The lowest BCUT2D eigenvalue weighted by atomic mass is 9.74. The predicted molar refractivity (Wildman–Crippen MR) is 101 cm³/mol. The second kappa shape index (κ2) is 6.50. The molecule has 4 fully saturated rings. The number of carbonyl (C=O) groups excluding carboxylic acids is 2. The standard InChI is InChI=1S/C21H28N4O2/c26-19(18-3-1-2-6-22-18)23-17-8-13-7-14-11-21(10-13,12-15(14)9-17)25-20(27)24-16-4-5-16/h1-3,6,13-17H,4-5,7-12H2,(H,23,26)(H2,24,25,27). The van der Waals surface area contributed by atoms with Gasteiger partial charge in [-0.15, -0.1) is 0 Å². The molecule has 5 rings (SSSR count). The molecule has 4 aliphatic rings. The van der Waals surface area contributed by atoms with Gasteiger partial charge < -0.3 is 16.0 Å². The first kappa shape index (κ1) is 17.0. The van der Waals surface area contributed by atoms with Crippen LogP contribution in [0.5, 0.6) is 0 Å². The lowest BCUT2D eigenvalue weighted by molar-refractivity contribution is 0.0915. The topological polar surface area (TPSA) is 83.1 Å². The maximum Gasteiger partial charge on any atom is 0.315 e. The Morgan fingerprint density at radius 1 is 0.963 bits per heavy atom. The van der Waals surface area contributed by atoms with Crippen molar-refractivity contribution in [1.82, 2.24) is 20.9 Å². The molecule has 1 heterocycles. The van der Waals surface area contributed by atoms with Gasteiger partial charge in [0.15, 0.2) is 0 Å². The number of nitrogens with one attached hydrogen (secondary N) is 3. The fourth-order valence-corrected chi connectivity index (χ4v) is 5.96. The smallest absolute Gasteiger partial charge is 0.315 e. The molecule has 3 N–H and O–H groups in total. The molecule has 6 heteroatoms. The molecule has 0 aromatic carbocycles. The Morgan fingerprint density at radius 2 is 1.78 bits per heavy atom. The van der Waals surface area contributed by atoms with Crippen molar-refractivity contribution in [3.05, 3.63) is 30.1 Å². The van der Waals surface area contributed by atoms with E-state index < -0.39 is 0 Å². The fourth-order valence-electron chi connectivity index (χ4n) is 5.96. The summed E-state index contributed by atoms with van der Waals surface area (Å²) in [4.78, 5) is 29.0. The van der Waals surface area contributed by atoms with Gasteiger partial charge in [0.2, 0.25) is 0 Å². The summed E-state index contributed by atoms with van der Waals surface area (Å²) in [5.74, 6) is 1.78. The average molecular weight is 368 g/mol. The van der Waals surface area contributed by atoms with E-state index in [2.05, 4.69) is 20.9 Å². The number of hydrogen-bond donors (Lipinski definition) is 3. The van der Waals surface area contributed by atoms with Crippen molar-refractivity contribution in [1.29, 1.82) is 0 Å². The largest absolute Gasteiger partial charge is 0.348 e. The first-order valence-corrected chi connectivity index (χ1v) is 10.4. The van der Waals surface area contributed by atoms with Gasteiger partial charge in [-0.2, -0.15) is 0 Å². The molecule has 144 valence electrons. The van der Waals surface area contributed by atoms with Gasteiger partial charge in [-0.3, -0.25) is 9.78 Å². The molecule has 3 amide bonds. The lowest BCUT2D eigenvalue weighted by Gasteiger charge is -2.39. The Kier molecular flexibility index (Phi) is 4.10. The zero-order valence-electron chi connectivity index (χ0n) is 15.6. The van der Waals surface area contributed by atoms with E-state index >= 15 is 0 Å². The maximum atomic E-state index is 12.5. The molecule has 0 spiro atoms. The van der Waals surface area contributed by atoms with Crippen LogP contribution in [-0.2, 0) is 0 Å². The highest BCUT2D eigenvalue weighted by atomic mass is 16.2. The molecular weight excluding hydrogens is 340 g/mol. The first-order valence-electron chi connectivity index (χ1n) is 10.4. The second-order valence-electron chi connectivity index (χ2n) is 9.24. The van der Waals surface area contributed by atoms with Gasteiger partial charge in [-0.25, -0.2) is 4.79 Å². The molecule has 5 atom stereocenters. The minimum absolute atomic E-state index is 0.0206. The van der Waals surface area contributed by atoms with Crippen LogP contribution in [0.2, 0.25) is 0 Å². The van der Waals surface area contributed by atoms with Gasteiger partial charge in [0.25, 0.3) is 5.91 Å². The Hall–Kier alpha value is -2.11. The van der Waals surface area contributed by atoms with E-state index in [1.807, 2.05) is 12.1 Å². The summed E-state index contributed by atoms with van der Waals surface area (Å²) in [6.07, 6.45) is 10.4. The summed E-state index contributed by atoms with van der Waals surface area (Å²) in [6, 6.07) is 6.08. The number of carbonyl (C=O) groups is 2. The van der Waals surface area contributed by atoms with Crippen LogP contribution in [0, 0.1) is 17.8 Å². The van der Waals surface area contributed by atoms with Gasteiger partial charge in [0.05, 0.1) is 0 Å². The number of amides is 3. The van der Waals surface area contributed by atoms with E-state index in [1.54, 1.807) is 12.3 Å². The van der Waals surface area contributed by atoms with Crippen LogP contribution in [-0.4, -0.2) is 34.5 Å². The third kappa shape index (κ3) is 3.54. The van der Waals surface area contributed by atoms with Gasteiger partial charge in [-0.05, 0) is 81.3 Å². The van der Waals surface area contributed by atoms with Crippen molar-refractivity contribution < 1.29 is 9.59 Å². The van der Waals surface area contributed by atoms with E-state index in [4.69, 9.17) is 0 Å². The number of aromatic nitrogens is 1. The van der Waals surface area contributed by atoms with Crippen LogP contribution in [0.4, 0.5) is 4.79 Å². The van der Waals surface area contributed by atoms with Crippen LogP contribution in [0.15, 0.2) is 24.4 Å². The van der Waals surface area contributed by atoms with Gasteiger partial charge in [0.1, 0.15) is 5.69 Å². The van der Waals surface area contributed by atoms with Gasteiger partial charge >= 0.3 is 6.03 Å². The zero-order valence-corrected chi connectivity index (χ0v) is 15.6. The van der Waals surface area contributed by atoms with Gasteiger partial charge in [-0.1, -0.05) is 6.07 Å². The normalized spacial score (nSPS) is 36.7. The minimum Gasteiger partial charge on any atom is -0.348 e. The SMILES string of the molecule is O=C(NC1CC1)NC12CC3CC(NC(=O)c4ccccn4)CC(C1)C(C3)C2. The summed E-state index contributed by atoms with van der Waals surface area (Å²) in [5, 5.41) is 9.67. The summed E-state index contributed by atoms with van der Waals surface area (Å²) in [7, 11) is 0. The molecule has 4 saturated carbocycles. The lowest BCUT2D eigenvalue weighted by Crippen LogP contribution is -2.54. The number of fused-ring (bicyclic) bond motifs is 2. The zero-order chi connectivity index (χ0) is 18.4.